The van der Waals surface area contributed by atoms with Gasteiger partial charge in [0.25, 0.3) is 0 Å². The van der Waals surface area contributed by atoms with Gasteiger partial charge in [0.15, 0.2) is 0 Å². The lowest BCUT2D eigenvalue weighted by atomic mass is 9.98. The minimum absolute atomic E-state index is 0.176. The minimum atomic E-state index is -0.294. The van der Waals surface area contributed by atoms with Crippen molar-refractivity contribution in [3.8, 4) is 0 Å². The molecule has 1 saturated heterocycles. The molecular weight excluding hydrogens is 190 g/mol. The van der Waals surface area contributed by atoms with E-state index in [2.05, 4.69) is 13.8 Å². The fraction of sp³-hybridized carbons (Fsp3) is 0.917. The van der Waals surface area contributed by atoms with Gasteiger partial charge in [-0.3, -0.25) is 4.79 Å². The summed E-state index contributed by atoms with van der Waals surface area (Å²) in [7, 11) is 0. The summed E-state index contributed by atoms with van der Waals surface area (Å²) >= 11 is 0. The van der Waals surface area contributed by atoms with Crippen molar-refractivity contribution < 1.29 is 9.90 Å². The van der Waals surface area contributed by atoms with Crippen molar-refractivity contribution in [1.82, 2.24) is 4.90 Å². The van der Waals surface area contributed by atoms with Crippen molar-refractivity contribution >= 4 is 5.91 Å². The number of rotatable bonds is 5. The van der Waals surface area contributed by atoms with Gasteiger partial charge in [-0.05, 0) is 19.3 Å². The van der Waals surface area contributed by atoms with Crippen LogP contribution in [0, 0.1) is 5.92 Å². The number of aliphatic hydroxyl groups excluding tert-OH is 1. The van der Waals surface area contributed by atoms with Crippen molar-refractivity contribution in [2.24, 2.45) is 5.92 Å². The standard InChI is InChI=1S/C12H23NO2/c1-3-5-6-10(4-2)12(15)13-8-7-11(14)9-13/h10-11,14H,3-9H2,1-2H3/t10-,11-/m1/s1. The summed E-state index contributed by atoms with van der Waals surface area (Å²) < 4.78 is 0. The molecule has 1 aliphatic heterocycles. The van der Waals surface area contributed by atoms with E-state index in [1.165, 1.54) is 0 Å². The van der Waals surface area contributed by atoms with Crippen LogP contribution in [0.5, 0.6) is 0 Å². The zero-order valence-electron chi connectivity index (χ0n) is 9.91. The molecule has 15 heavy (non-hydrogen) atoms. The van der Waals surface area contributed by atoms with Gasteiger partial charge in [-0.1, -0.05) is 26.7 Å². The Labute approximate surface area is 92.5 Å². The summed E-state index contributed by atoms with van der Waals surface area (Å²) in [5.74, 6) is 0.428. The number of carbonyl (C=O) groups excluding carboxylic acids is 1. The van der Waals surface area contributed by atoms with Gasteiger partial charge in [0.1, 0.15) is 0 Å². The molecule has 1 amide bonds. The largest absolute Gasteiger partial charge is 0.391 e. The highest BCUT2D eigenvalue weighted by Crippen LogP contribution is 2.19. The average Bonchev–Trinajstić information content (AvgIpc) is 2.65. The minimum Gasteiger partial charge on any atom is -0.391 e. The second kappa shape index (κ2) is 6.11. The third kappa shape index (κ3) is 3.49. The van der Waals surface area contributed by atoms with E-state index in [-0.39, 0.29) is 17.9 Å². The van der Waals surface area contributed by atoms with Gasteiger partial charge < -0.3 is 10.0 Å². The van der Waals surface area contributed by atoms with E-state index >= 15 is 0 Å². The smallest absolute Gasteiger partial charge is 0.225 e. The van der Waals surface area contributed by atoms with Crippen molar-refractivity contribution in [3.63, 3.8) is 0 Å². The van der Waals surface area contributed by atoms with Crippen LogP contribution in [0.2, 0.25) is 0 Å². The van der Waals surface area contributed by atoms with E-state index in [1.54, 1.807) is 0 Å². The van der Waals surface area contributed by atoms with E-state index in [1.807, 2.05) is 4.90 Å². The molecule has 1 N–H and O–H groups in total. The van der Waals surface area contributed by atoms with Gasteiger partial charge in [-0.2, -0.15) is 0 Å². The highest BCUT2D eigenvalue weighted by molar-refractivity contribution is 5.79. The second-order valence-electron chi connectivity index (χ2n) is 4.47. The fourth-order valence-electron chi connectivity index (χ4n) is 2.15. The molecule has 2 atom stereocenters. The predicted octanol–water partition coefficient (Wildman–Crippen LogP) is 1.80. The zero-order chi connectivity index (χ0) is 11.3. The third-order valence-electron chi connectivity index (χ3n) is 3.22. The summed E-state index contributed by atoms with van der Waals surface area (Å²) in [6.45, 7) is 5.51. The van der Waals surface area contributed by atoms with Crippen molar-refractivity contribution in [3.05, 3.63) is 0 Å². The summed E-state index contributed by atoms with van der Waals surface area (Å²) in [5.41, 5.74) is 0. The fourth-order valence-corrected chi connectivity index (χ4v) is 2.15. The van der Waals surface area contributed by atoms with Gasteiger partial charge in [0.05, 0.1) is 6.10 Å². The average molecular weight is 213 g/mol. The lowest BCUT2D eigenvalue weighted by Crippen LogP contribution is -2.34. The number of unbranched alkanes of at least 4 members (excludes halogenated alkanes) is 1. The monoisotopic (exact) mass is 213 g/mol. The number of amides is 1. The van der Waals surface area contributed by atoms with Crippen molar-refractivity contribution in [2.75, 3.05) is 13.1 Å². The van der Waals surface area contributed by atoms with Crippen LogP contribution < -0.4 is 0 Å². The molecule has 0 aliphatic carbocycles. The number of nitrogens with zero attached hydrogens (tertiary/aromatic N) is 1. The maximum Gasteiger partial charge on any atom is 0.225 e. The molecular formula is C12H23NO2. The first-order chi connectivity index (χ1) is 7.19. The SMILES string of the molecule is CCCC[C@@H](CC)C(=O)N1CC[C@@H](O)C1. The van der Waals surface area contributed by atoms with Crippen LogP contribution in [0.3, 0.4) is 0 Å². The van der Waals surface area contributed by atoms with E-state index in [9.17, 15) is 9.90 Å². The highest BCUT2D eigenvalue weighted by atomic mass is 16.3. The number of carbonyl (C=O) groups is 1. The Morgan fingerprint density at radius 2 is 2.27 bits per heavy atom. The van der Waals surface area contributed by atoms with Gasteiger partial charge in [-0.15, -0.1) is 0 Å². The Balaban J connectivity index is 2.42. The first kappa shape index (κ1) is 12.5. The molecule has 1 aliphatic rings. The first-order valence-corrected chi connectivity index (χ1v) is 6.15. The summed E-state index contributed by atoms with van der Waals surface area (Å²) in [6, 6.07) is 0. The van der Waals surface area contributed by atoms with E-state index < -0.39 is 0 Å². The molecule has 0 bridgehead atoms. The molecule has 1 rings (SSSR count). The molecule has 0 aromatic carbocycles. The first-order valence-electron chi connectivity index (χ1n) is 6.15. The van der Waals surface area contributed by atoms with Crippen LogP contribution in [0.1, 0.15) is 46.0 Å². The zero-order valence-corrected chi connectivity index (χ0v) is 9.91. The molecule has 3 heteroatoms. The molecule has 0 aromatic rings. The summed E-state index contributed by atoms with van der Waals surface area (Å²) in [6.07, 6.45) is 4.64. The van der Waals surface area contributed by atoms with Crippen LogP contribution in [-0.4, -0.2) is 35.1 Å². The van der Waals surface area contributed by atoms with E-state index in [0.29, 0.717) is 6.54 Å². The van der Waals surface area contributed by atoms with E-state index in [4.69, 9.17) is 0 Å². The topological polar surface area (TPSA) is 40.5 Å². The second-order valence-corrected chi connectivity index (χ2v) is 4.47. The van der Waals surface area contributed by atoms with Crippen LogP contribution in [0.25, 0.3) is 0 Å². The number of hydrogen-bond acceptors (Lipinski definition) is 2. The molecule has 1 heterocycles. The van der Waals surface area contributed by atoms with Crippen molar-refractivity contribution in [1.29, 1.82) is 0 Å². The highest BCUT2D eigenvalue weighted by Gasteiger charge is 2.28. The number of likely N-dealkylation sites (tertiary alicyclic amines) is 1. The quantitative estimate of drug-likeness (QED) is 0.756. The number of aliphatic hydroxyl groups is 1. The lowest BCUT2D eigenvalue weighted by Gasteiger charge is -2.22. The normalized spacial score (nSPS) is 23.1. The van der Waals surface area contributed by atoms with Gasteiger partial charge in [0.2, 0.25) is 5.91 Å². The molecule has 3 nitrogen and oxygen atoms in total. The maximum atomic E-state index is 12.0. The van der Waals surface area contributed by atoms with Gasteiger partial charge in [0, 0.05) is 19.0 Å². The van der Waals surface area contributed by atoms with Crippen LogP contribution in [-0.2, 0) is 4.79 Å². The summed E-state index contributed by atoms with van der Waals surface area (Å²) in [4.78, 5) is 13.9. The van der Waals surface area contributed by atoms with Gasteiger partial charge in [-0.25, -0.2) is 0 Å². The Morgan fingerprint density at radius 1 is 1.53 bits per heavy atom. The molecule has 88 valence electrons. The Bertz CT molecular complexity index is 206. The lowest BCUT2D eigenvalue weighted by molar-refractivity contribution is -0.135. The Hall–Kier alpha value is -0.570. The molecule has 0 saturated carbocycles. The van der Waals surface area contributed by atoms with E-state index in [0.717, 1.165) is 38.6 Å². The summed E-state index contributed by atoms with van der Waals surface area (Å²) in [5, 5.41) is 9.39. The molecule has 0 aromatic heterocycles. The van der Waals surface area contributed by atoms with Crippen molar-refractivity contribution in [2.45, 2.75) is 52.1 Å². The van der Waals surface area contributed by atoms with Crippen LogP contribution in [0.4, 0.5) is 0 Å². The Kier molecular flexibility index (Phi) is 5.09. The number of β-amino-alcohol motifs (C(OH)–C–C–N with tert-alkyl or cyclic N) is 1. The predicted molar refractivity (Wildman–Crippen MR) is 60.5 cm³/mol. The Morgan fingerprint density at radius 3 is 2.73 bits per heavy atom. The molecule has 0 spiro atoms. The van der Waals surface area contributed by atoms with Crippen LogP contribution in [0.15, 0.2) is 0 Å². The van der Waals surface area contributed by atoms with Gasteiger partial charge >= 0.3 is 0 Å². The third-order valence-corrected chi connectivity index (χ3v) is 3.22. The maximum absolute atomic E-state index is 12.0. The molecule has 1 fully saturated rings. The van der Waals surface area contributed by atoms with Crippen LogP contribution >= 0.6 is 0 Å². The molecule has 0 unspecified atom stereocenters. The molecule has 0 radical (unpaired) electrons. The number of hydrogen-bond donors (Lipinski definition) is 1.